The van der Waals surface area contributed by atoms with E-state index in [-0.39, 0.29) is 0 Å². The van der Waals surface area contributed by atoms with E-state index in [1.807, 2.05) is 11.8 Å². The molecular formula is C4H10N2S. The Morgan fingerprint density at radius 2 is 2.57 bits per heavy atom. The smallest absolute Gasteiger partial charge is 0.0634 e. The number of hydrogen-bond acceptors (Lipinski definition) is 3. The van der Waals surface area contributed by atoms with Crippen LogP contribution in [0.25, 0.3) is 0 Å². The maximum absolute atomic E-state index is 5.54. The van der Waals surface area contributed by atoms with E-state index in [1.165, 1.54) is 5.75 Å². The molecule has 0 saturated carbocycles. The Balaban J connectivity index is 2.12. The Bertz CT molecular complexity index is 51.7. The van der Waals surface area contributed by atoms with Gasteiger partial charge in [0.05, 0.1) is 5.37 Å². The Labute approximate surface area is 47.8 Å². The van der Waals surface area contributed by atoms with Crippen molar-refractivity contribution in [2.45, 2.75) is 5.37 Å². The second-order valence-corrected chi connectivity index (χ2v) is 2.96. The first kappa shape index (κ1) is 5.41. The molecular weight excluding hydrogens is 108 g/mol. The van der Waals surface area contributed by atoms with Crippen LogP contribution in [0.1, 0.15) is 0 Å². The van der Waals surface area contributed by atoms with Gasteiger partial charge in [-0.1, -0.05) is 0 Å². The van der Waals surface area contributed by atoms with Crippen LogP contribution in [-0.4, -0.2) is 24.2 Å². The van der Waals surface area contributed by atoms with Crippen molar-refractivity contribution in [2.24, 2.45) is 5.73 Å². The average Bonchev–Trinajstić information content (AvgIpc) is 1.69. The normalized spacial score (nSPS) is 33.0. The fraction of sp³-hybridized carbons (Fsp3) is 1.00. The molecule has 0 bridgehead atoms. The molecule has 1 fully saturated rings. The SMILES string of the molecule is NC1CNCCS1. The van der Waals surface area contributed by atoms with Crippen LogP contribution in [0.4, 0.5) is 0 Å². The van der Waals surface area contributed by atoms with Crippen LogP contribution in [0.2, 0.25) is 0 Å². The molecule has 0 aliphatic carbocycles. The monoisotopic (exact) mass is 118 g/mol. The van der Waals surface area contributed by atoms with Crippen LogP contribution in [0, 0.1) is 0 Å². The van der Waals surface area contributed by atoms with Gasteiger partial charge < -0.3 is 11.1 Å². The molecule has 1 atom stereocenters. The lowest BCUT2D eigenvalue weighted by molar-refractivity contribution is 0.683. The van der Waals surface area contributed by atoms with E-state index in [2.05, 4.69) is 5.32 Å². The van der Waals surface area contributed by atoms with Crippen molar-refractivity contribution >= 4 is 11.8 Å². The molecule has 7 heavy (non-hydrogen) atoms. The van der Waals surface area contributed by atoms with Crippen molar-refractivity contribution in [1.82, 2.24) is 5.32 Å². The predicted octanol–water partition coefficient (Wildman–Crippen LogP) is -0.392. The Hall–Kier alpha value is 0.270. The number of hydrogen-bond donors (Lipinski definition) is 2. The highest BCUT2D eigenvalue weighted by atomic mass is 32.2. The molecule has 2 nitrogen and oxygen atoms in total. The third-order valence-corrected chi connectivity index (χ3v) is 1.99. The Morgan fingerprint density at radius 1 is 1.71 bits per heavy atom. The Morgan fingerprint density at radius 3 is 2.86 bits per heavy atom. The van der Waals surface area contributed by atoms with Gasteiger partial charge in [-0.25, -0.2) is 0 Å². The fourth-order valence-electron chi connectivity index (χ4n) is 0.586. The summed E-state index contributed by atoms with van der Waals surface area (Å²) in [5.41, 5.74) is 5.54. The summed E-state index contributed by atoms with van der Waals surface area (Å²) < 4.78 is 0. The largest absolute Gasteiger partial charge is 0.318 e. The van der Waals surface area contributed by atoms with Crippen LogP contribution >= 0.6 is 11.8 Å². The van der Waals surface area contributed by atoms with Gasteiger partial charge in [0.25, 0.3) is 0 Å². The van der Waals surface area contributed by atoms with Gasteiger partial charge in [0.2, 0.25) is 0 Å². The molecule has 0 aromatic carbocycles. The third kappa shape index (κ3) is 1.67. The van der Waals surface area contributed by atoms with Crippen molar-refractivity contribution in [2.75, 3.05) is 18.8 Å². The quantitative estimate of drug-likeness (QED) is 0.455. The summed E-state index contributed by atoms with van der Waals surface area (Å²) >= 11 is 1.83. The standard InChI is InChI=1S/C4H10N2S/c5-4-3-6-1-2-7-4/h4,6H,1-3,5H2. The van der Waals surface area contributed by atoms with Crippen molar-refractivity contribution < 1.29 is 0 Å². The van der Waals surface area contributed by atoms with Gasteiger partial charge in [0.1, 0.15) is 0 Å². The fourth-order valence-corrected chi connectivity index (χ4v) is 1.39. The summed E-state index contributed by atoms with van der Waals surface area (Å²) in [6.45, 7) is 2.10. The molecule has 1 aliphatic rings. The molecule has 1 heterocycles. The van der Waals surface area contributed by atoms with Gasteiger partial charge >= 0.3 is 0 Å². The minimum Gasteiger partial charge on any atom is -0.318 e. The lowest BCUT2D eigenvalue weighted by Gasteiger charge is -2.17. The number of thioether (sulfide) groups is 1. The molecule has 0 radical (unpaired) electrons. The molecule has 0 spiro atoms. The third-order valence-electron chi connectivity index (χ3n) is 0.956. The first-order valence-electron chi connectivity index (χ1n) is 2.47. The van der Waals surface area contributed by atoms with Gasteiger partial charge in [-0.05, 0) is 0 Å². The van der Waals surface area contributed by atoms with E-state index in [0.29, 0.717) is 5.37 Å². The minimum atomic E-state index is 0.341. The van der Waals surface area contributed by atoms with Crippen LogP contribution in [0.15, 0.2) is 0 Å². The van der Waals surface area contributed by atoms with E-state index < -0.39 is 0 Å². The van der Waals surface area contributed by atoms with Crippen LogP contribution in [0.3, 0.4) is 0 Å². The van der Waals surface area contributed by atoms with E-state index in [0.717, 1.165) is 13.1 Å². The maximum Gasteiger partial charge on any atom is 0.0634 e. The Kier molecular flexibility index (Phi) is 1.97. The van der Waals surface area contributed by atoms with Gasteiger partial charge in [-0.3, -0.25) is 0 Å². The molecule has 1 aliphatic heterocycles. The van der Waals surface area contributed by atoms with Crippen LogP contribution in [-0.2, 0) is 0 Å². The molecule has 0 aromatic heterocycles. The molecule has 1 saturated heterocycles. The molecule has 1 unspecified atom stereocenters. The van der Waals surface area contributed by atoms with E-state index in [4.69, 9.17) is 5.73 Å². The summed E-state index contributed by atoms with van der Waals surface area (Å²) in [6.07, 6.45) is 0. The maximum atomic E-state index is 5.54. The number of nitrogens with two attached hydrogens (primary N) is 1. The highest BCUT2D eigenvalue weighted by molar-refractivity contribution is 7.99. The second-order valence-electron chi connectivity index (χ2n) is 1.61. The molecule has 3 heteroatoms. The second kappa shape index (κ2) is 2.55. The van der Waals surface area contributed by atoms with Gasteiger partial charge in [0.15, 0.2) is 0 Å². The lowest BCUT2D eigenvalue weighted by atomic mass is 10.6. The van der Waals surface area contributed by atoms with Gasteiger partial charge in [-0.15, -0.1) is 11.8 Å². The summed E-state index contributed by atoms with van der Waals surface area (Å²) in [6, 6.07) is 0. The van der Waals surface area contributed by atoms with Crippen LogP contribution in [0.5, 0.6) is 0 Å². The van der Waals surface area contributed by atoms with E-state index in [1.54, 1.807) is 0 Å². The summed E-state index contributed by atoms with van der Waals surface area (Å²) in [4.78, 5) is 0. The summed E-state index contributed by atoms with van der Waals surface area (Å²) in [7, 11) is 0. The van der Waals surface area contributed by atoms with Crippen molar-refractivity contribution in [3.8, 4) is 0 Å². The molecule has 3 N–H and O–H groups in total. The average molecular weight is 118 g/mol. The zero-order valence-electron chi connectivity index (χ0n) is 4.18. The first-order chi connectivity index (χ1) is 3.39. The minimum absolute atomic E-state index is 0.341. The van der Waals surface area contributed by atoms with Gasteiger partial charge in [0, 0.05) is 18.8 Å². The number of rotatable bonds is 0. The van der Waals surface area contributed by atoms with Crippen LogP contribution < -0.4 is 11.1 Å². The van der Waals surface area contributed by atoms with Crippen molar-refractivity contribution in [3.05, 3.63) is 0 Å². The van der Waals surface area contributed by atoms with Gasteiger partial charge in [-0.2, -0.15) is 0 Å². The molecule has 1 rings (SSSR count). The van der Waals surface area contributed by atoms with Crippen molar-refractivity contribution in [1.29, 1.82) is 0 Å². The highest BCUT2D eigenvalue weighted by Gasteiger charge is 2.05. The zero-order chi connectivity index (χ0) is 5.11. The number of nitrogens with one attached hydrogen (secondary N) is 1. The summed E-state index contributed by atoms with van der Waals surface area (Å²) in [5, 5.41) is 3.53. The molecule has 0 amide bonds. The van der Waals surface area contributed by atoms with Crippen molar-refractivity contribution in [3.63, 3.8) is 0 Å². The first-order valence-corrected chi connectivity index (χ1v) is 3.52. The lowest BCUT2D eigenvalue weighted by Crippen LogP contribution is -2.37. The molecule has 42 valence electrons. The zero-order valence-corrected chi connectivity index (χ0v) is 5.00. The summed E-state index contributed by atoms with van der Waals surface area (Å²) in [5.74, 6) is 1.17. The highest BCUT2D eigenvalue weighted by Crippen LogP contribution is 2.05. The molecule has 0 aromatic rings. The topological polar surface area (TPSA) is 38.0 Å². The van der Waals surface area contributed by atoms with E-state index >= 15 is 0 Å². The van der Waals surface area contributed by atoms with E-state index in [9.17, 15) is 0 Å². The predicted molar refractivity (Wildman–Crippen MR) is 33.3 cm³/mol.